The highest BCUT2D eigenvalue weighted by molar-refractivity contribution is 5.83. The van der Waals surface area contributed by atoms with Gasteiger partial charge in [-0.2, -0.15) is 0 Å². The van der Waals surface area contributed by atoms with Gasteiger partial charge in [-0.15, -0.1) is 5.10 Å². The third-order valence-electron chi connectivity index (χ3n) is 16.0. The number of ketones is 1. The molecule has 4 heterocycles. The maximum atomic E-state index is 14.6. The van der Waals surface area contributed by atoms with Crippen LogP contribution in [0.1, 0.15) is 112 Å². The topological polar surface area (TPSA) is 268 Å². The number of benzene rings is 1. The summed E-state index contributed by atoms with van der Waals surface area (Å²) in [5.74, 6) is -5.21. The smallest absolute Gasteiger partial charge is 0.309 e. The van der Waals surface area contributed by atoms with Crippen molar-refractivity contribution in [3.8, 4) is 0 Å². The van der Waals surface area contributed by atoms with Crippen molar-refractivity contribution in [2.75, 3.05) is 34.4 Å². The Morgan fingerprint density at radius 1 is 0.957 bits per heavy atom. The first-order chi connectivity index (χ1) is 32.8. The van der Waals surface area contributed by atoms with Crippen molar-refractivity contribution < 1.29 is 68.5 Å². The molecular weight excluding hydrogens is 911 g/mol. The molecule has 1 unspecified atom stereocenters. The molecule has 3 aliphatic heterocycles. The number of Topliss-reactive ketones (excluding diaryl/α,β-unsaturated/α-hetero) is 1. The molecule has 0 spiro atoms. The van der Waals surface area contributed by atoms with Crippen LogP contribution in [-0.2, 0) is 50.9 Å². The second-order valence-corrected chi connectivity index (χ2v) is 21.1. The molecule has 3 saturated heterocycles. The number of cyclic esters (lactones) is 1. The second kappa shape index (κ2) is 23.6. The first-order valence-corrected chi connectivity index (χ1v) is 24.8. The van der Waals surface area contributed by atoms with Crippen molar-refractivity contribution in [1.82, 2.24) is 19.9 Å². The minimum Gasteiger partial charge on any atom is -0.459 e. The van der Waals surface area contributed by atoms with Crippen molar-refractivity contribution in [2.45, 2.75) is 192 Å². The van der Waals surface area contributed by atoms with Gasteiger partial charge in [-0.1, -0.05) is 52.0 Å². The van der Waals surface area contributed by atoms with Crippen molar-refractivity contribution in [1.29, 1.82) is 0 Å². The maximum Gasteiger partial charge on any atom is 0.309 e. The quantitative estimate of drug-likeness (QED) is 0.0969. The van der Waals surface area contributed by atoms with Gasteiger partial charge in [-0.3, -0.25) is 19.7 Å². The summed E-state index contributed by atoms with van der Waals surface area (Å²) in [7, 11) is 4.91. The lowest BCUT2D eigenvalue weighted by Crippen LogP contribution is -2.62. The number of nitro benzene ring substituents is 1. The number of carbonyl (C=O) groups excluding carboxylic acids is 2. The summed E-state index contributed by atoms with van der Waals surface area (Å²) in [5, 5.41) is 77.1. The van der Waals surface area contributed by atoms with E-state index in [0.717, 1.165) is 5.56 Å². The largest absolute Gasteiger partial charge is 0.459 e. The van der Waals surface area contributed by atoms with E-state index >= 15 is 0 Å². The molecule has 1 aromatic carbocycles. The highest BCUT2D eigenvalue weighted by Crippen LogP contribution is 2.46. The molecular formula is C50H81N5O15. The summed E-state index contributed by atoms with van der Waals surface area (Å²) in [5.41, 5.74) is -2.98. The van der Waals surface area contributed by atoms with Crippen LogP contribution in [0.4, 0.5) is 5.69 Å². The third-order valence-corrected chi connectivity index (χ3v) is 16.0. The minimum atomic E-state index is -2.00. The van der Waals surface area contributed by atoms with Gasteiger partial charge in [0.05, 0.1) is 70.9 Å². The van der Waals surface area contributed by atoms with Gasteiger partial charge in [0.1, 0.15) is 29.7 Å². The zero-order chi connectivity index (χ0) is 52.2. The number of likely N-dealkylation sites (N-methyl/N-ethyl adjacent to an activating group) is 1. The van der Waals surface area contributed by atoms with Crippen LogP contribution >= 0.6 is 0 Å². The summed E-state index contributed by atoms with van der Waals surface area (Å²) in [6.07, 6.45) is -5.69. The zero-order valence-corrected chi connectivity index (χ0v) is 43.3. The monoisotopic (exact) mass is 992 g/mol. The fourth-order valence-electron chi connectivity index (χ4n) is 11.4. The molecule has 5 rings (SSSR count). The second-order valence-electron chi connectivity index (χ2n) is 21.1. The Hall–Kier alpha value is -3.54. The van der Waals surface area contributed by atoms with E-state index < -0.39 is 124 Å². The molecule has 0 aliphatic carbocycles. The molecule has 70 heavy (non-hydrogen) atoms. The van der Waals surface area contributed by atoms with E-state index in [2.05, 4.69) is 10.3 Å². The number of carbonyl (C=O) groups is 2. The molecule has 0 bridgehead atoms. The number of nitrogens with zero attached hydrogens (tertiary/aromatic N) is 5. The molecule has 1 aromatic heterocycles. The Kier molecular flexibility index (Phi) is 19.3. The van der Waals surface area contributed by atoms with Crippen LogP contribution in [0.25, 0.3) is 0 Å². The molecule has 0 saturated carbocycles. The Morgan fingerprint density at radius 3 is 2.19 bits per heavy atom. The van der Waals surface area contributed by atoms with Gasteiger partial charge in [-0.05, 0) is 78.8 Å². The number of nitro groups is 1. The van der Waals surface area contributed by atoms with Crippen molar-refractivity contribution >= 4 is 17.4 Å². The number of aliphatic hydroxyl groups excluding tert-OH is 4. The first kappa shape index (κ1) is 57.4. The van der Waals surface area contributed by atoms with Crippen LogP contribution in [0.5, 0.6) is 0 Å². The minimum absolute atomic E-state index is 0.0243. The number of aromatic nitrogens is 3. The highest BCUT2D eigenvalue weighted by atomic mass is 16.7. The maximum absolute atomic E-state index is 14.6. The molecule has 20 heteroatoms. The van der Waals surface area contributed by atoms with Crippen molar-refractivity contribution in [2.24, 2.45) is 29.6 Å². The van der Waals surface area contributed by atoms with Crippen LogP contribution in [0.3, 0.4) is 0 Å². The number of methoxy groups -OCH3 is 2. The van der Waals surface area contributed by atoms with Crippen molar-refractivity contribution in [3.05, 3.63) is 51.8 Å². The molecule has 3 fully saturated rings. The van der Waals surface area contributed by atoms with Gasteiger partial charge >= 0.3 is 5.97 Å². The van der Waals surface area contributed by atoms with Crippen LogP contribution in [0, 0.1) is 39.7 Å². The van der Waals surface area contributed by atoms with Crippen LogP contribution in [0.2, 0.25) is 0 Å². The lowest BCUT2D eigenvalue weighted by molar-refractivity contribution is -0.384. The summed E-state index contributed by atoms with van der Waals surface area (Å²) in [4.78, 5) is 41.5. The van der Waals surface area contributed by atoms with E-state index in [4.69, 9.17) is 28.4 Å². The van der Waals surface area contributed by atoms with Gasteiger partial charge < -0.3 is 58.9 Å². The average Bonchev–Trinajstić information content (AvgIpc) is 3.81. The summed E-state index contributed by atoms with van der Waals surface area (Å²) in [6, 6.07) is 5.21. The summed E-state index contributed by atoms with van der Waals surface area (Å²) < 4.78 is 40.2. The lowest BCUT2D eigenvalue weighted by atomic mass is 9.67. The Balaban J connectivity index is 1.47. The number of hydrogen-bond donors (Lipinski definition) is 5. The Morgan fingerprint density at radius 2 is 1.60 bits per heavy atom. The number of aliphatic hydroxyl groups is 5. The number of esters is 1. The molecule has 2 aromatic rings. The van der Waals surface area contributed by atoms with Gasteiger partial charge in [-0.25, -0.2) is 4.68 Å². The fourth-order valence-corrected chi connectivity index (χ4v) is 11.4. The van der Waals surface area contributed by atoms with E-state index in [1.807, 2.05) is 32.7 Å². The van der Waals surface area contributed by atoms with Gasteiger partial charge in [0.15, 0.2) is 6.29 Å². The van der Waals surface area contributed by atoms with E-state index in [0.29, 0.717) is 31.5 Å². The fraction of sp³-hybridized carbons (Fsp3) is 0.800. The number of hydrogen-bond acceptors (Lipinski definition) is 18. The van der Waals surface area contributed by atoms with Gasteiger partial charge in [0, 0.05) is 75.7 Å². The van der Waals surface area contributed by atoms with Crippen LogP contribution in [-0.4, -0.2) is 174 Å². The van der Waals surface area contributed by atoms with Crippen molar-refractivity contribution in [3.63, 3.8) is 0 Å². The summed E-state index contributed by atoms with van der Waals surface area (Å²) >= 11 is 0. The van der Waals surface area contributed by atoms with E-state index in [9.17, 15) is 45.2 Å². The van der Waals surface area contributed by atoms with E-state index in [-0.39, 0.29) is 37.3 Å². The summed E-state index contributed by atoms with van der Waals surface area (Å²) in [6.45, 7) is 17.4. The van der Waals surface area contributed by atoms with E-state index in [1.54, 1.807) is 64.6 Å². The van der Waals surface area contributed by atoms with Crippen LogP contribution in [0.15, 0.2) is 30.5 Å². The predicted molar refractivity (Wildman–Crippen MR) is 255 cm³/mol. The molecule has 3 aliphatic rings. The Bertz CT molecular complexity index is 2040. The number of ether oxygens (including phenoxy) is 6. The lowest BCUT2D eigenvalue weighted by Gasteiger charge is -2.52. The highest BCUT2D eigenvalue weighted by Gasteiger charge is 2.56. The SMILES string of the molecule is CC[C@H]1OC(=O)[C@H](C)[C@@H](C2C[C@@](C)(OC)[C@@H](O)[C@H](C)O2)[C@H](C)[C@@H](O[C@@H]2O[C@H](C)C[C@H](N(C)CCc3cn([C@H](CO)Cc4ccc([N+](=O)[O-])cc4)nn3)[C@H]2O)[C@](C)(OC)C[C@@H](C)C(=O)[C@H](C)[C@@H](O)[C@]1(C)O. The number of rotatable bonds is 15. The predicted octanol–water partition coefficient (Wildman–Crippen LogP) is 3.60. The molecule has 0 radical (unpaired) electrons. The van der Waals surface area contributed by atoms with E-state index in [1.165, 1.54) is 33.3 Å². The average molecular weight is 992 g/mol. The molecule has 5 N–H and O–H groups in total. The molecule has 19 atom stereocenters. The van der Waals surface area contributed by atoms with Gasteiger partial charge in [0.25, 0.3) is 5.69 Å². The third kappa shape index (κ3) is 12.4. The standard InChI is InChI=1S/C50H81N5O15/c1-14-39-50(10,62)43(59)31(6)41(57)27(2)23-49(9,66-13)45(29(4)40(30(5)46(61)69-39)38-24-48(8,65-12)44(60)32(7)68-38)70-47-42(58)37(21-28(3)67-47)53(11)20-19-34-25-54(52-51-34)36(26-56)22-33-15-17-35(18-16-33)55(63)64/h15-18,25,27-32,36-40,42-45,47,56,58-60,62H,14,19-24,26H2,1-13H3/t27-,28-,29+,30-,31+,32+,36+,37+,38?,39-,40+,42-,43-,44+,45-,47+,48-,49-,50-/m1/s1. The molecule has 0 amide bonds. The Labute approximate surface area is 412 Å². The number of non-ortho nitro benzene ring substituents is 1. The molecule has 396 valence electrons. The molecule has 20 nitrogen and oxygen atoms in total. The zero-order valence-electron chi connectivity index (χ0n) is 43.3. The van der Waals surface area contributed by atoms with Gasteiger partial charge in [0.2, 0.25) is 0 Å². The van der Waals surface area contributed by atoms with Crippen LogP contribution < -0.4 is 0 Å². The normalized spacial score (nSPS) is 39.8. The first-order valence-electron chi connectivity index (χ1n) is 24.8.